The molecular weight excluding hydrogens is 468 g/mol. The van der Waals surface area contributed by atoms with Gasteiger partial charge in [0.25, 0.3) is 5.91 Å². The van der Waals surface area contributed by atoms with E-state index in [9.17, 15) is 19.5 Å². The van der Waals surface area contributed by atoms with Gasteiger partial charge < -0.3 is 14.6 Å². The van der Waals surface area contributed by atoms with Crippen molar-refractivity contribution in [1.82, 2.24) is 4.98 Å². The van der Waals surface area contributed by atoms with Gasteiger partial charge in [-0.15, -0.1) is 0 Å². The lowest BCUT2D eigenvalue weighted by molar-refractivity contribution is -0.134. The second-order valence-electron chi connectivity index (χ2n) is 9.60. The summed E-state index contributed by atoms with van der Waals surface area (Å²) >= 11 is 1.05. The molecule has 1 amide bonds. The van der Waals surface area contributed by atoms with Crippen molar-refractivity contribution < 1.29 is 29.0 Å². The fraction of sp³-hybridized carbons (Fsp3) is 0.462. The van der Waals surface area contributed by atoms with Gasteiger partial charge in [-0.25, -0.2) is 9.78 Å². The average Bonchev–Trinajstić information content (AvgIpc) is 3.33. The van der Waals surface area contributed by atoms with Crippen molar-refractivity contribution in [3.8, 4) is 5.75 Å². The lowest BCUT2D eigenvalue weighted by atomic mass is 9.70. The first-order valence-electron chi connectivity index (χ1n) is 11.9. The number of aromatic hydroxyl groups is 1. The highest BCUT2D eigenvalue weighted by atomic mass is 32.1. The van der Waals surface area contributed by atoms with Crippen molar-refractivity contribution in [2.45, 2.75) is 52.7 Å². The van der Waals surface area contributed by atoms with Crippen LogP contribution in [0, 0.1) is 24.7 Å². The molecule has 5 unspecified atom stereocenters. The molecule has 0 bridgehead atoms. The van der Waals surface area contributed by atoms with Gasteiger partial charge in [-0.1, -0.05) is 37.3 Å². The van der Waals surface area contributed by atoms with Crippen LogP contribution in [0.1, 0.15) is 60.6 Å². The Labute approximate surface area is 207 Å². The number of phenolic OH excluding ortho intramolecular Hbond substituents is 1. The number of ether oxygens (including phenoxy) is 2. The van der Waals surface area contributed by atoms with E-state index >= 15 is 0 Å². The molecule has 0 radical (unpaired) electrons. The number of fused-ring (bicyclic) bond motifs is 1. The maximum absolute atomic E-state index is 13.9. The monoisotopic (exact) mass is 496 g/mol. The number of amides is 1. The van der Waals surface area contributed by atoms with Gasteiger partial charge in [0.1, 0.15) is 16.7 Å². The zero-order valence-corrected chi connectivity index (χ0v) is 20.9. The molecule has 8 nitrogen and oxygen atoms in total. The van der Waals surface area contributed by atoms with Crippen LogP contribution in [0.15, 0.2) is 35.6 Å². The highest BCUT2D eigenvalue weighted by Gasteiger charge is 2.54. The largest absolute Gasteiger partial charge is 0.508 e. The molecule has 3 aliphatic rings. The number of anilines is 1. The molecule has 1 N–H and O–H groups in total. The highest BCUT2D eigenvalue weighted by Crippen LogP contribution is 2.50. The Balaban J connectivity index is 1.62. The van der Waals surface area contributed by atoms with Crippen molar-refractivity contribution in [1.29, 1.82) is 0 Å². The summed E-state index contributed by atoms with van der Waals surface area (Å²) in [5.74, 6) is -0.547. The number of esters is 1. The Morgan fingerprint density at radius 2 is 2.00 bits per heavy atom. The second kappa shape index (κ2) is 8.78. The second-order valence-corrected chi connectivity index (χ2v) is 10.6. The van der Waals surface area contributed by atoms with Gasteiger partial charge in [0.05, 0.1) is 29.8 Å². The number of aromatic nitrogens is 1. The number of nitrogens with zero attached hydrogens (tertiary/aromatic N) is 2. The number of thiazole rings is 1. The third kappa shape index (κ3) is 3.82. The number of phenols is 1. The molecule has 9 heteroatoms. The SMILES string of the molecule is CCOC(=O)c1sc(N2C(=O)C3=C(C(=O)C4CC(C)C(C)CC4O3)C2c2cccc(O)c2)nc1C. The summed E-state index contributed by atoms with van der Waals surface area (Å²) in [5.41, 5.74) is 1.31. The standard InChI is InChI=1S/C26H28N2O6S/c1-5-33-25(32)23-14(4)27-26(35-23)28-20(15-7-6-8-16(29)11-15)19-21(30)17-9-12(2)13(3)10-18(17)34-22(19)24(28)31/h6-8,11-13,17-18,20,29H,5,9-10H2,1-4H3. The zero-order chi connectivity index (χ0) is 25.0. The number of rotatable bonds is 4. The smallest absolute Gasteiger partial charge is 0.350 e. The van der Waals surface area contributed by atoms with Crippen LogP contribution in [0.5, 0.6) is 5.75 Å². The van der Waals surface area contributed by atoms with E-state index in [1.165, 1.54) is 11.0 Å². The minimum Gasteiger partial charge on any atom is -0.508 e. The molecule has 2 aromatic rings. The summed E-state index contributed by atoms with van der Waals surface area (Å²) in [6.45, 7) is 7.91. The molecule has 1 aromatic heterocycles. The molecule has 5 atom stereocenters. The van der Waals surface area contributed by atoms with E-state index in [0.717, 1.165) is 11.3 Å². The van der Waals surface area contributed by atoms with Gasteiger partial charge in [0.2, 0.25) is 0 Å². The Morgan fingerprint density at radius 1 is 1.26 bits per heavy atom. The molecule has 35 heavy (non-hydrogen) atoms. The number of carbonyl (C=O) groups excluding carboxylic acids is 3. The first-order valence-corrected chi connectivity index (χ1v) is 12.7. The van der Waals surface area contributed by atoms with E-state index < -0.39 is 17.9 Å². The van der Waals surface area contributed by atoms with Crippen molar-refractivity contribution in [2.75, 3.05) is 11.5 Å². The van der Waals surface area contributed by atoms with Crippen molar-refractivity contribution in [3.63, 3.8) is 0 Å². The van der Waals surface area contributed by atoms with Gasteiger partial charge >= 0.3 is 5.97 Å². The van der Waals surface area contributed by atoms with Crippen LogP contribution in [0.3, 0.4) is 0 Å². The fourth-order valence-corrected chi connectivity index (χ4v) is 6.33. The quantitative estimate of drug-likeness (QED) is 0.628. The van der Waals surface area contributed by atoms with Crippen LogP contribution < -0.4 is 4.90 Å². The summed E-state index contributed by atoms with van der Waals surface area (Å²) in [6, 6.07) is 5.70. The van der Waals surface area contributed by atoms with E-state index in [4.69, 9.17) is 9.47 Å². The minimum absolute atomic E-state index is 0.0219. The van der Waals surface area contributed by atoms with Gasteiger partial charge in [-0.05, 0) is 56.2 Å². The molecule has 1 fully saturated rings. The normalized spacial score (nSPS) is 28.0. The van der Waals surface area contributed by atoms with Crippen LogP contribution >= 0.6 is 11.3 Å². The topological polar surface area (TPSA) is 106 Å². The molecule has 1 aliphatic carbocycles. The zero-order valence-electron chi connectivity index (χ0n) is 20.1. The molecule has 2 aliphatic heterocycles. The Kier molecular flexibility index (Phi) is 5.91. The molecule has 0 saturated heterocycles. The maximum atomic E-state index is 13.9. The number of hydrogen-bond donors (Lipinski definition) is 1. The minimum atomic E-state index is -0.812. The number of Topliss-reactive ketones (excluding diaryl/α,β-unsaturated/α-hetero) is 1. The summed E-state index contributed by atoms with van der Waals surface area (Å²) in [5, 5.41) is 10.5. The number of ketones is 1. The third-order valence-electron chi connectivity index (χ3n) is 7.35. The maximum Gasteiger partial charge on any atom is 0.350 e. The van der Waals surface area contributed by atoms with Gasteiger partial charge in [0.15, 0.2) is 16.7 Å². The van der Waals surface area contributed by atoms with E-state index in [1.807, 2.05) is 0 Å². The third-order valence-corrected chi connectivity index (χ3v) is 8.49. The number of benzene rings is 1. The molecule has 0 spiro atoms. The predicted octanol–water partition coefficient (Wildman–Crippen LogP) is 4.33. The van der Waals surface area contributed by atoms with Gasteiger partial charge in [0, 0.05) is 0 Å². The van der Waals surface area contributed by atoms with Crippen molar-refractivity contribution >= 4 is 34.1 Å². The number of aryl methyl sites for hydroxylation is 1. The first-order chi connectivity index (χ1) is 16.7. The average molecular weight is 497 g/mol. The molecule has 1 saturated carbocycles. The molecular formula is C26H28N2O6S. The molecule has 3 heterocycles. The summed E-state index contributed by atoms with van der Waals surface area (Å²) in [4.78, 5) is 46.3. The Morgan fingerprint density at radius 3 is 2.71 bits per heavy atom. The Hall–Kier alpha value is -3.20. The summed E-state index contributed by atoms with van der Waals surface area (Å²) in [6.07, 6.45) is 1.07. The lowest BCUT2D eigenvalue weighted by Gasteiger charge is -2.40. The van der Waals surface area contributed by atoms with Crippen LogP contribution in [0.25, 0.3) is 0 Å². The van der Waals surface area contributed by atoms with Crippen LogP contribution in [0.4, 0.5) is 5.13 Å². The van der Waals surface area contributed by atoms with Crippen LogP contribution in [0.2, 0.25) is 0 Å². The van der Waals surface area contributed by atoms with Crippen LogP contribution in [-0.4, -0.2) is 40.5 Å². The van der Waals surface area contributed by atoms with E-state index in [1.54, 1.807) is 32.0 Å². The fourth-order valence-electron chi connectivity index (χ4n) is 5.34. The Bertz CT molecular complexity index is 1250. The number of hydrogen-bond acceptors (Lipinski definition) is 8. The van der Waals surface area contributed by atoms with Crippen molar-refractivity contribution in [3.05, 3.63) is 51.7 Å². The molecule has 5 rings (SSSR count). The van der Waals surface area contributed by atoms with Crippen LogP contribution in [-0.2, 0) is 19.1 Å². The lowest BCUT2D eigenvalue weighted by Crippen LogP contribution is -2.43. The summed E-state index contributed by atoms with van der Waals surface area (Å²) < 4.78 is 11.4. The molecule has 184 valence electrons. The van der Waals surface area contributed by atoms with Gasteiger partial charge in [-0.2, -0.15) is 0 Å². The summed E-state index contributed by atoms with van der Waals surface area (Å²) in [7, 11) is 0. The number of carbonyl (C=O) groups is 3. The predicted molar refractivity (Wildman–Crippen MR) is 129 cm³/mol. The van der Waals surface area contributed by atoms with Crippen molar-refractivity contribution in [2.24, 2.45) is 17.8 Å². The first kappa shape index (κ1) is 23.5. The highest BCUT2D eigenvalue weighted by molar-refractivity contribution is 7.17. The van der Waals surface area contributed by atoms with E-state index in [2.05, 4.69) is 18.8 Å². The molecule has 1 aromatic carbocycles. The van der Waals surface area contributed by atoms with E-state index in [0.29, 0.717) is 46.4 Å². The van der Waals surface area contributed by atoms with Gasteiger partial charge in [-0.3, -0.25) is 14.5 Å². The van der Waals surface area contributed by atoms with E-state index in [-0.39, 0.29) is 41.1 Å².